The van der Waals surface area contributed by atoms with Crippen LogP contribution in [0.4, 0.5) is 17.6 Å². The molecule has 1 aromatic carbocycles. The van der Waals surface area contributed by atoms with Crippen molar-refractivity contribution in [2.24, 2.45) is 5.73 Å². The molecule has 0 spiro atoms. The van der Waals surface area contributed by atoms with Crippen LogP contribution >= 0.6 is 12.4 Å². The quantitative estimate of drug-likeness (QED) is 0.860. The number of nitrogens with zero attached hydrogens (tertiary/aromatic N) is 1. The third kappa shape index (κ3) is 4.83. The molecule has 21 heavy (non-hydrogen) atoms. The second kappa shape index (κ2) is 7.42. The second-order valence-electron chi connectivity index (χ2n) is 5.20. The zero-order chi connectivity index (χ0) is 14.8. The van der Waals surface area contributed by atoms with Crippen LogP contribution in [-0.2, 0) is 12.7 Å². The topological polar surface area (TPSA) is 29.3 Å². The van der Waals surface area contributed by atoms with Gasteiger partial charge in [-0.3, -0.25) is 4.90 Å². The van der Waals surface area contributed by atoms with Crippen molar-refractivity contribution in [1.29, 1.82) is 0 Å². The number of hydrogen-bond donors (Lipinski definition) is 1. The van der Waals surface area contributed by atoms with Crippen LogP contribution in [0.3, 0.4) is 0 Å². The molecule has 0 saturated carbocycles. The summed E-state index contributed by atoms with van der Waals surface area (Å²) in [6.07, 6.45) is -1.50. The highest BCUT2D eigenvalue weighted by Crippen LogP contribution is 2.31. The molecule has 1 saturated heterocycles. The first-order valence-electron chi connectivity index (χ1n) is 6.71. The van der Waals surface area contributed by atoms with Gasteiger partial charge in [0.1, 0.15) is 5.82 Å². The Morgan fingerprint density at radius 2 is 1.90 bits per heavy atom. The fourth-order valence-electron chi connectivity index (χ4n) is 2.67. The van der Waals surface area contributed by atoms with Gasteiger partial charge in [-0.25, -0.2) is 4.39 Å². The van der Waals surface area contributed by atoms with E-state index in [9.17, 15) is 17.6 Å². The molecule has 1 fully saturated rings. The van der Waals surface area contributed by atoms with Crippen LogP contribution in [0, 0.1) is 5.82 Å². The Labute approximate surface area is 127 Å². The van der Waals surface area contributed by atoms with E-state index in [-0.39, 0.29) is 18.4 Å². The van der Waals surface area contributed by atoms with Gasteiger partial charge in [-0.15, -0.1) is 12.4 Å². The van der Waals surface area contributed by atoms with E-state index in [0.717, 1.165) is 37.9 Å². The Kier molecular flexibility index (Phi) is 6.43. The van der Waals surface area contributed by atoms with Crippen LogP contribution < -0.4 is 5.73 Å². The number of hydrogen-bond acceptors (Lipinski definition) is 2. The molecule has 1 aliphatic heterocycles. The average Bonchev–Trinajstić information content (AvgIpc) is 2.37. The molecule has 7 heteroatoms. The molecule has 0 aromatic heterocycles. The highest BCUT2D eigenvalue weighted by atomic mass is 35.5. The molecule has 2 N–H and O–H groups in total. The number of nitrogens with two attached hydrogens (primary N) is 1. The normalized spacial score (nSPS) is 20.1. The van der Waals surface area contributed by atoms with Crippen LogP contribution in [0.15, 0.2) is 18.2 Å². The smallest absolute Gasteiger partial charge is 0.329 e. The molecular formula is C14H19ClF4N2. The average molecular weight is 327 g/mol. The van der Waals surface area contributed by atoms with E-state index in [1.807, 2.05) is 4.90 Å². The molecule has 0 radical (unpaired) electrons. The van der Waals surface area contributed by atoms with Gasteiger partial charge in [0.05, 0.1) is 5.56 Å². The summed E-state index contributed by atoms with van der Waals surface area (Å²) in [6, 6.07) is 2.88. The lowest BCUT2D eigenvalue weighted by Gasteiger charge is -2.35. The molecule has 1 atom stereocenters. The monoisotopic (exact) mass is 326 g/mol. The fraction of sp³-hybridized carbons (Fsp3) is 0.571. The Bertz CT molecular complexity index is 465. The zero-order valence-corrected chi connectivity index (χ0v) is 12.3. The minimum absolute atomic E-state index is 0. The minimum Gasteiger partial charge on any atom is -0.329 e. The molecule has 1 unspecified atom stereocenters. The number of benzene rings is 1. The third-order valence-electron chi connectivity index (χ3n) is 3.69. The standard InChI is InChI=1S/C14H18F4N2.ClH/c15-12-6-10(5-11(7-12)14(16,17)18)9-20-4-2-1-3-13(20)8-19;/h5-7,13H,1-4,8-9,19H2;1H. The number of piperidine rings is 1. The molecule has 0 aliphatic carbocycles. The van der Waals surface area contributed by atoms with Gasteiger partial charge in [0.2, 0.25) is 0 Å². The van der Waals surface area contributed by atoms with Gasteiger partial charge in [-0.1, -0.05) is 6.42 Å². The van der Waals surface area contributed by atoms with Gasteiger partial charge in [0, 0.05) is 19.1 Å². The lowest BCUT2D eigenvalue weighted by molar-refractivity contribution is -0.137. The van der Waals surface area contributed by atoms with Crippen molar-refractivity contribution in [3.8, 4) is 0 Å². The van der Waals surface area contributed by atoms with E-state index in [2.05, 4.69) is 0 Å². The molecule has 2 rings (SSSR count). The van der Waals surface area contributed by atoms with Crippen molar-refractivity contribution in [2.75, 3.05) is 13.1 Å². The SMILES string of the molecule is Cl.NCC1CCCCN1Cc1cc(F)cc(C(F)(F)F)c1. The van der Waals surface area contributed by atoms with Gasteiger partial charge in [-0.05, 0) is 43.1 Å². The van der Waals surface area contributed by atoms with Crippen molar-refractivity contribution >= 4 is 12.4 Å². The van der Waals surface area contributed by atoms with Gasteiger partial charge in [0.15, 0.2) is 0 Å². The summed E-state index contributed by atoms with van der Waals surface area (Å²) in [6.45, 7) is 1.57. The predicted octanol–water partition coefficient (Wildman–Crippen LogP) is 3.58. The molecule has 1 aliphatic rings. The molecule has 120 valence electrons. The summed E-state index contributed by atoms with van der Waals surface area (Å²) in [5, 5.41) is 0. The van der Waals surface area contributed by atoms with E-state index in [4.69, 9.17) is 5.73 Å². The number of likely N-dealkylation sites (tertiary alicyclic amines) is 1. The fourth-order valence-corrected chi connectivity index (χ4v) is 2.67. The molecule has 0 bridgehead atoms. The maximum absolute atomic E-state index is 13.3. The van der Waals surface area contributed by atoms with Crippen molar-refractivity contribution in [3.05, 3.63) is 35.1 Å². The largest absolute Gasteiger partial charge is 0.416 e. The van der Waals surface area contributed by atoms with Crippen LogP contribution in [0.1, 0.15) is 30.4 Å². The Balaban J connectivity index is 0.00000220. The second-order valence-corrected chi connectivity index (χ2v) is 5.20. The van der Waals surface area contributed by atoms with E-state index in [1.54, 1.807) is 0 Å². The van der Waals surface area contributed by atoms with Gasteiger partial charge >= 0.3 is 6.18 Å². The Morgan fingerprint density at radius 1 is 1.19 bits per heavy atom. The third-order valence-corrected chi connectivity index (χ3v) is 3.69. The molecular weight excluding hydrogens is 308 g/mol. The maximum atomic E-state index is 13.3. The highest BCUT2D eigenvalue weighted by molar-refractivity contribution is 5.85. The maximum Gasteiger partial charge on any atom is 0.416 e. The number of rotatable bonds is 3. The van der Waals surface area contributed by atoms with E-state index < -0.39 is 17.6 Å². The van der Waals surface area contributed by atoms with E-state index in [1.165, 1.54) is 0 Å². The zero-order valence-electron chi connectivity index (χ0n) is 11.5. The van der Waals surface area contributed by atoms with Crippen LogP contribution in [-0.4, -0.2) is 24.0 Å². The Morgan fingerprint density at radius 3 is 2.52 bits per heavy atom. The van der Waals surface area contributed by atoms with Crippen LogP contribution in [0.5, 0.6) is 0 Å². The van der Waals surface area contributed by atoms with Gasteiger partial charge in [0.25, 0.3) is 0 Å². The first kappa shape index (κ1) is 18.2. The summed E-state index contributed by atoms with van der Waals surface area (Å²) < 4.78 is 51.4. The lowest BCUT2D eigenvalue weighted by Crippen LogP contribution is -2.43. The summed E-state index contributed by atoms with van der Waals surface area (Å²) in [5.74, 6) is -0.851. The first-order valence-corrected chi connectivity index (χ1v) is 6.71. The summed E-state index contributed by atoms with van der Waals surface area (Å²) in [7, 11) is 0. The lowest BCUT2D eigenvalue weighted by atomic mass is 10.0. The van der Waals surface area contributed by atoms with Crippen molar-refractivity contribution < 1.29 is 17.6 Å². The number of alkyl halides is 3. The highest BCUT2D eigenvalue weighted by Gasteiger charge is 2.31. The van der Waals surface area contributed by atoms with Gasteiger partial charge in [-0.2, -0.15) is 13.2 Å². The van der Waals surface area contributed by atoms with Crippen LogP contribution in [0.2, 0.25) is 0 Å². The predicted molar refractivity (Wildman–Crippen MR) is 75.8 cm³/mol. The molecule has 0 amide bonds. The van der Waals surface area contributed by atoms with E-state index in [0.29, 0.717) is 24.7 Å². The van der Waals surface area contributed by atoms with Crippen molar-refractivity contribution in [1.82, 2.24) is 4.90 Å². The van der Waals surface area contributed by atoms with E-state index >= 15 is 0 Å². The molecule has 2 nitrogen and oxygen atoms in total. The van der Waals surface area contributed by atoms with Crippen molar-refractivity contribution in [3.63, 3.8) is 0 Å². The number of halogens is 5. The first-order chi connectivity index (χ1) is 9.40. The molecule has 1 heterocycles. The Hall–Kier alpha value is -0.850. The minimum atomic E-state index is -4.52. The molecule has 1 aromatic rings. The van der Waals surface area contributed by atoms with Crippen molar-refractivity contribution in [2.45, 2.75) is 38.0 Å². The van der Waals surface area contributed by atoms with Crippen LogP contribution in [0.25, 0.3) is 0 Å². The summed E-state index contributed by atoms with van der Waals surface area (Å²) >= 11 is 0. The summed E-state index contributed by atoms with van der Waals surface area (Å²) in [4.78, 5) is 2.04. The van der Waals surface area contributed by atoms with Gasteiger partial charge < -0.3 is 5.73 Å². The summed E-state index contributed by atoms with van der Waals surface area (Å²) in [5.41, 5.74) is 5.09.